The van der Waals surface area contributed by atoms with Gasteiger partial charge in [0.25, 0.3) is 0 Å². The first-order valence-corrected chi connectivity index (χ1v) is 9.90. The molecule has 1 aromatic carbocycles. The van der Waals surface area contributed by atoms with Gasteiger partial charge in [0.05, 0.1) is 0 Å². The highest BCUT2D eigenvalue weighted by Crippen LogP contribution is 2.33. The van der Waals surface area contributed by atoms with Crippen LogP contribution < -0.4 is 10.0 Å². The molecule has 1 fully saturated rings. The Kier molecular flexibility index (Phi) is 5.73. The van der Waals surface area contributed by atoms with Crippen molar-refractivity contribution in [1.82, 2.24) is 9.62 Å². The number of halogens is 1. The van der Waals surface area contributed by atoms with Gasteiger partial charge >= 0.3 is 6.03 Å². The van der Waals surface area contributed by atoms with Crippen molar-refractivity contribution >= 4 is 21.7 Å². The molecule has 0 aliphatic carbocycles. The van der Waals surface area contributed by atoms with Gasteiger partial charge in [0, 0.05) is 18.8 Å². The van der Waals surface area contributed by atoms with E-state index in [1.165, 1.54) is 12.1 Å². The summed E-state index contributed by atoms with van der Waals surface area (Å²) in [5.41, 5.74) is 1.75. The second-order valence-electron chi connectivity index (χ2n) is 7.21. The molecule has 140 valence electrons. The number of carbonyl (C=O) groups is 1. The van der Waals surface area contributed by atoms with Crippen molar-refractivity contribution in [2.24, 2.45) is 0 Å². The lowest BCUT2D eigenvalue weighted by Crippen LogP contribution is -2.57. The molecule has 0 radical (unpaired) electrons. The molecule has 2 N–H and O–H groups in total. The number of urea groups is 1. The number of carbonyl (C=O) groups excluding carboxylic acids is 1. The summed E-state index contributed by atoms with van der Waals surface area (Å²) in [6.07, 6.45) is 0. The molecule has 1 saturated heterocycles. The Morgan fingerprint density at radius 2 is 1.64 bits per heavy atom. The topological polar surface area (TPSA) is 78.5 Å². The van der Waals surface area contributed by atoms with Gasteiger partial charge in [-0.1, -0.05) is 27.7 Å². The molecule has 1 heterocycles. The average molecular weight is 371 g/mol. The molecular weight excluding hydrogens is 345 g/mol. The lowest BCUT2D eigenvalue weighted by Gasteiger charge is -2.35. The summed E-state index contributed by atoms with van der Waals surface area (Å²) in [6.45, 7) is 8.36. The van der Waals surface area contributed by atoms with Crippen LogP contribution in [0, 0.1) is 5.82 Å². The molecule has 0 spiro atoms. The Morgan fingerprint density at radius 3 is 2.04 bits per heavy atom. The van der Waals surface area contributed by atoms with Crippen LogP contribution in [0.5, 0.6) is 0 Å². The number of hydrogen-bond donors (Lipinski definition) is 2. The number of anilines is 1. The van der Waals surface area contributed by atoms with E-state index in [4.69, 9.17) is 0 Å². The maximum Gasteiger partial charge on any atom is 0.332 e. The lowest BCUT2D eigenvalue weighted by atomic mass is 9.92. The van der Waals surface area contributed by atoms with Crippen LogP contribution in [0.2, 0.25) is 0 Å². The molecule has 0 bridgehead atoms. The number of sulfonamides is 1. The third kappa shape index (κ3) is 4.49. The molecule has 0 atom stereocenters. The summed E-state index contributed by atoms with van der Waals surface area (Å²) in [5.74, 6) is -0.427. The molecule has 0 saturated carbocycles. The van der Waals surface area contributed by atoms with Crippen molar-refractivity contribution in [2.45, 2.75) is 44.8 Å². The van der Waals surface area contributed by atoms with Crippen LogP contribution in [0.4, 0.5) is 14.9 Å². The van der Waals surface area contributed by atoms with E-state index < -0.39 is 21.3 Å². The van der Waals surface area contributed by atoms with Gasteiger partial charge in [0.1, 0.15) is 11.1 Å². The molecule has 0 unspecified atom stereocenters. The first-order chi connectivity index (χ1) is 11.5. The molecule has 8 heteroatoms. The van der Waals surface area contributed by atoms with Crippen LogP contribution in [0.25, 0.3) is 0 Å². The van der Waals surface area contributed by atoms with Gasteiger partial charge in [-0.05, 0) is 42.1 Å². The van der Waals surface area contributed by atoms with E-state index in [0.717, 1.165) is 0 Å². The van der Waals surface area contributed by atoms with E-state index in [0.29, 0.717) is 29.9 Å². The Morgan fingerprint density at radius 1 is 1.16 bits per heavy atom. The highest BCUT2D eigenvalue weighted by Gasteiger charge is 2.36. The minimum absolute atomic E-state index is 0.0274. The standard InChI is InChI=1S/C17H26FN3O3S/c1-10(2)14-6-12(18)7-15(11(3)4)16(14)19-17(22)20-25(23,24)13-8-21(5)9-13/h6-7,10-11,13H,8-9H2,1-5H3,(H2,19,20,22). The molecule has 25 heavy (non-hydrogen) atoms. The maximum absolute atomic E-state index is 13.9. The number of nitrogens with zero attached hydrogens (tertiary/aromatic N) is 1. The Labute approximate surface area is 148 Å². The van der Waals surface area contributed by atoms with Gasteiger partial charge in [-0.3, -0.25) is 0 Å². The van der Waals surface area contributed by atoms with Crippen LogP contribution in [0.15, 0.2) is 12.1 Å². The zero-order valence-corrected chi connectivity index (χ0v) is 16.1. The first-order valence-electron chi connectivity index (χ1n) is 8.35. The summed E-state index contributed by atoms with van der Waals surface area (Å²) in [6, 6.07) is 1.94. The van der Waals surface area contributed by atoms with E-state index in [9.17, 15) is 17.6 Å². The number of benzene rings is 1. The number of likely N-dealkylation sites (tertiary alicyclic amines) is 1. The number of amides is 2. The van der Waals surface area contributed by atoms with Gasteiger partial charge in [-0.25, -0.2) is 22.3 Å². The molecule has 1 aliphatic heterocycles. The Hall–Kier alpha value is -1.67. The van der Waals surface area contributed by atoms with E-state index in [1.54, 1.807) is 0 Å². The van der Waals surface area contributed by atoms with Gasteiger partial charge in [0.2, 0.25) is 10.0 Å². The monoisotopic (exact) mass is 371 g/mol. The number of rotatable bonds is 5. The van der Waals surface area contributed by atoms with Crippen molar-refractivity contribution in [3.05, 3.63) is 29.1 Å². The normalized spacial score (nSPS) is 16.2. The zero-order valence-electron chi connectivity index (χ0n) is 15.3. The SMILES string of the molecule is CC(C)c1cc(F)cc(C(C)C)c1NC(=O)NS(=O)(=O)C1CN(C)C1. The molecule has 1 aromatic rings. The molecule has 6 nitrogen and oxygen atoms in total. The second-order valence-corrected chi connectivity index (χ2v) is 9.17. The van der Waals surface area contributed by atoms with E-state index in [-0.39, 0.29) is 17.7 Å². The van der Waals surface area contributed by atoms with Gasteiger partial charge in [-0.2, -0.15) is 0 Å². The molecule has 2 amide bonds. The highest BCUT2D eigenvalue weighted by atomic mass is 32.2. The van der Waals surface area contributed by atoms with Crippen LogP contribution in [0.3, 0.4) is 0 Å². The number of hydrogen-bond acceptors (Lipinski definition) is 4. The van der Waals surface area contributed by atoms with Crippen LogP contribution >= 0.6 is 0 Å². The average Bonchev–Trinajstić information content (AvgIpc) is 2.44. The maximum atomic E-state index is 13.9. The van der Waals surface area contributed by atoms with E-state index in [2.05, 4.69) is 10.0 Å². The summed E-state index contributed by atoms with van der Waals surface area (Å²) in [5, 5.41) is 2.04. The predicted molar refractivity (Wildman–Crippen MR) is 96.9 cm³/mol. The second kappa shape index (κ2) is 7.29. The molecule has 1 aliphatic rings. The van der Waals surface area contributed by atoms with Crippen LogP contribution in [0.1, 0.15) is 50.7 Å². The summed E-state index contributed by atoms with van der Waals surface area (Å²) in [7, 11) is -1.91. The fraction of sp³-hybridized carbons (Fsp3) is 0.588. The van der Waals surface area contributed by atoms with Gasteiger partial charge in [0.15, 0.2) is 0 Å². The van der Waals surface area contributed by atoms with Crippen LogP contribution in [-0.2, 0) is 10.0 Å². The zero-order chi connectivity index (χ0) is 18.9. The fourth-order valence-corrected chi connectivity index (χ4v) is 4.27. The van der Waals surface area contributed by atoms with Gasteiger partial charge in [-0.15, -0.1) is 0 Å². The van der Waals surface area contributed by atoms with Crippen molar-refractivity contribution < 1.29 is 17.6 Å². The lowest BCUT2D eigenvalue weighted by molar-refractivity contribution is 0.229. The summed E-state index contributed by atoms with van der Waals surface area (Å²) < 4.78 is 40.4. The highest BCUT2D eigenvalue weighted by molar-refractivity contribution is 7.90. The van der Waals surface area contributed by atoms with E-state index in [1.807, 2.05) is 39.6 Å². The molecule has 0 aromatic heterocycles. The predicted octanol–water partition coefficient (Wildman–Crippen LogP) is 2.84. The summed E-state index contributed by atoms with van der Waals surface area (Å²) >= 11 is 0. The quantitative estimate of drug-likeness (QED) is 0.834. The smallest absolute Gasteiger partial charge is 0.307 e. The third-order valence-corrected chi connectivity index (χ3v) is 6.00. The van der Waals surface area contributed by atoms with Gasteiger partial charge < -0.3 is 10.2 Å². The van der Waals surface area contributed by atoms with E-state index >= 15 is 0 Å². The Balaban J connectivity index is 2.25. The summed E-state index contributed by atoms with van der Waals surface area (Å²) in [4.78, 5) is 14.1. The minimum Gasteiger partial charge on any atom is -0.307 e. The van der Waals surface area contributed by atoms with Crippen LogP contribution in [-0.4, -0.2) is 44.7 Å². The Bertz CT molecular complexity index is 727. The first kappa shape index (κ1) is 19.7. The molecule has 2 rings (SSSR count). The minimum atomic E-state index is -3.73. The van der Waals surface area contributed by atoms with Crippen molar-refractivity contribution in [3.63, 3.8) is 0 Å². The van der Waals surface area contributed by atoms with Crippen molar-refractivity contribution in [2.75, 3.05) is 25.5 Å². The van der Waals surface area contributed by atoms with Crippen molar-refractivity contribution in [1.29, 1.82) is 0 Å². The number of nitrogens with one attached hydrogen (secondary N) is 2. The largest absolute Gasteiger partial charge is 0.332 e. The molecular formula is C17H26FN3O3S. The van der Waals surface area contributed by atoms with Crippen molar-refractivity contribution in [3.8, 4) is 0 Å². The fourth-order valence-electron chi connectivity index (χ4n) is 2.89. The third-order valence-electron chi connectivity index (χ3n) is 4.35.